The summed E-state index contributed by atoms with van der Waals surface area (Å²) in [7, 11) is 0. The van der Waals surface area contributed by atoms with Gasteiger partial charge in [0.25, 0.3) is 0 Å². The first-order valence-electron chi connectivity index (χ1n) is 9.17. The number of benzene rings is 1. The number of halogens is 1. The zero-order valence-electron chi connectivity index (χ0n) is 15.5. The summed E-state index contributed by atoms with van der Waals surface area (Å²) >= 11 is 6.30. The molecule has 1 aliphatic rings. The number of carbonyl (C=O) groups excluding carboxylic acids is 1. The maximum absolute atomic E-state index is 11.5. The minimum atomic E-state index is 0.0399. The Morgan fingerprint density at radius 3 is 2.96 bits per heavy atom. The molecule has 0 saturated carbocycles. The number of amides is 1. The van der Waals surface area contributed by atoms with Crippen LogP contribution >= 0.6 is 11.6 Å². The second kappa shape index (κ2) is 7.19. The molecule has 140 valence electrons. The standard InChI is InChI=1S/C20H22ClN5O/c1-3-19(27)23-11-15-10-16-12-25(6-7-26(16)24-15)18-4-5-22-20-13(2)8-14(21)9-17(18)20/h4-5,8-10H,3,6-7,11-12H2,1-2H3,(H,23,27). The van der Waals surface area contributed by atoms with E-state index < -0.39 is 0 Å². The number of rotatable bonds is 4. The number of nitrogens with zero attached hydrogens (tertiary/aromatic N) is 4. The Morgan fingerprint density at radius 2 is 2.15 bits per heavy atom. The molecule has 6 nitrogen and oxygen atoms in total. The number of hydrogen-bond acceptors (Lipinski definition) is 4. The van der Waals surface area contributed by atoms with Crippen LogP contribution in [0.15, 0.2) is 30.5 Å². The number of pyridine rings is 1. The van der Waals surface area contributed by atoms with Gasteiger partial charge in [0, 0.05) is 35.3 Å². The summed E-state index contributed by atoms with van der Waals surface area (Å²) in [5.74, 6) is 0.0399. The topological polar surface area (TPSA) is 63.1 Å². The van der Waals surface area contributed by atoms with Gasteiger partial charge in [-0.3, -0.25) is 14.5 Å². The molecule has 2 aromatic heterocycles. The fourth-order valence-corrected chi connectivity index (χ4v) is 3.85. The highest BCUT2D eigenvalue weighted by atomic mass is 35.5. The van der Waals surface area contributed by atoms with Crippen LogP contribution < -0.4 is 10.2 Å². The summed E-state index contributed by atoms with van der Waals surface area (Å²) in [5, 5.41) is 9.31. The van der Waals surface area contributed by atoms with E-state index in [-0.39, 0.29) is 5.91 Å². The van der Waals surface area contributed by atoms with Gasteiger partial charge in [-0.05, 0) is 36.8 Å². The molecule has 3 heterocycles. The van der Waals surface area contributed by atoms with Crippen LogP contribution in [0.1, 0.15) is 30.3 Å². The van der Waals surface area contributed by atoms with Crippen molar-refractivity contribution in [2.75, 3.05) is 11.4 Å². The van der Waals surface area contributed by atoms with Crippen LogP contribution in [0.25, 0.3) is 10.9 Å². The predicted molar refractivity (Wildman–Crippen MR) is 107 cm³/mol. The van der Waals surface area contributed by atoms with Gasteiger partial charge in [0.1, 0.15) is 0 Å². The molecule has 0 aliphatic carbocycles. The molecular weight excluding hydrogens is 362 g/mol. The number of carbonyl (C=O) groups is 1. The van der Waals surface area contributed by atoms with Gasteiger partial charge in [0.05, 0.1) is 36.5 Å². The van der Waals surface area contributed by atoms with Crippen molar-refractivity contribution in [1.82, 2.24) is 20.1 Å². The van der Waals surface area contributed by atoms with Crippen LogP contribution in [0.5, 0.6) is 0 Å². The molecule has 1 amide bonds. The first-order chi connectivity index (χ1) is 13.0. The number of anilines is 1. The van der Waals surface area contributed by atoms with Crippen LogP contribution in [0.2, 0.25) is 5.02 Å². The van der Waals surface area contributed by atoms with Crippen LogP contribution in [-0.2, 0) is 24.4 Å². The summed E-state index contributed by atoms with van der Waals surface area (Å²) in [5.41, 5.74) is 5.24. The highest BCUT2D eigenvalue weighted by Gasteiger charge is 2.21. The Labute approximate surface area is 163 Å². The van der Waals surface area contributed by atoms with Crippen molar-refractivity contribution < 1.29 is 4.79 Å². The third-order valence-electron chi connectivity index (χ3n) is 4.95. The first kappa shape index (κ1) is 17.8. The zero-order valence-corrected chi connectivity index (χ0v) is 16.3. The van der Waals surface area contributed by atoms with Gasteiger partial charge >= 0.3 is 0 Å². The zero-order chi connectivity index (χ0) is 19.0. The first-order valence-corrected chi connectivity index (χ1v) is 9.55. The Kier molecular flexibility index (Phi) is 4.74. The summed E-state index contributed by atoms with van der Waals surface area (Å²) in [6.45, 7) is 6.78. The van der Waals surface area contributed by atoms with Crippen molar-refractivity contribution >= 4 is 34.1 Å². The number of aromatic nitrogens is 3. The Bertz CT molecular complexity index is 1010. The normalized spacial score (nSPS) is 13.7. The van der Waals surface area contributed by atoms with Crippen molar-refractivity contribution in [3.63, 3.8) is 0 Å². The van der Waals surface area contributed by atoms with Gasteiger partial charge in [-0.15, -0.1) is 0 Å². The molecular formula is C20H22ClN5O. The average Bonchev–Trinajstić information content (AvgIpc) is 3.07. The van der Waals surface area contributed by atoms with Crippen LogP contribution in [0.3, 0.4) is 0 Å². The molecule has 0 spiro atoms. The van der Waals surface area contributed by atoms with Crippen LogP contribution in [0, 0.1) is 6.92 Å². The molecule has 1 aliphatic heterocycles. The molecule has 1 aromatic carbocycles. The average molecular weight is 384 g/mol. The fourth-order valence-electron chi connectivity index (χ4n) is 3.58. The van der Waals surface area contributed by atoms with Gasteiger partial charge < -0.3 is 10.2 Å². The number of hydrogen-bond donors (Lipinski definition) is 1. The van der Waals surface area contributed by atoms with Crippen molar-refractivity contribution in [2.45, 2.75) is 39.9 Å². The van der Waals surface area contributed by atoms with Crippen LogP contribution in [0.4, 0.5) is 5.69 Å². The molecule has 7 heteroatoms. The predicted octanol–water partition coefficient (Wildman–Crippen LogP) is 3.44. The summed E-state index contributed by atoms with van der Waals surface area (Å²) in [6.07, 6.45) is 2.34. The monoisotopic (exact) mass is 383 g/mol. The highest BCUT2D eigenvalue weighted by Crippen LogP contribution is 2.32. The molecule has 0 atom stereocenters. The van der Waals surface area contributed by atoms with Gasteiger partial charge in [0.2, 0.25) is 5.91 Å². The van der Waals surface area contributed by atoms with E-state index in [2.05, 4.69) is 26.4 Å². The molecule has 0 unspecified atom stereocenters. The van der Waals surface area contributed by atoms with E-state index in [1.54, 1.807) is 0 Å². The lowest BCUT2D eigenvalue weighted by Gasteiger charge is -2.30. The minimum absolute atomic E-state index is 0.0399. The summed E-state index contributed by atoms with van der Waals surface area (Å²) < 4.78 is 2.03. The fraction of sp³-hybridized carbons (Fsp3) is 0.350. The lowest BCUT2D eigenvalue weighted by Crippen LogP contribution is -2.34. The molecule has 3 aromatic rings. The van der Waals surface area contributed by atoms with Crippen molar-refractivity contribution in [3.05, 3.63) is 52.4 Å². The lowest BCUT2D eigenvalue weighted by molar-refractivity contribution is -0.120. The largest absolute Gasteiger partial charge is 0.363 e. The van der Waals surface area contributed by atoms with E-state index in [0.29, 0.717) is 13.0 Å². The van der Waals surface area contributed by atoms with Crippen molar-refractivity contribution in [2.24, 2.45) is 0 Å². The Hall–Kier alpha value is -2.60. The third kappa shape index (κ3) is 3.49. The maximum atomic E-state index is 11.5. The van der Waals surface area contributed by atoms with E-state index >= 15 is 0 Å². The molecule has 0 radical (unpaired) electrons. The third-order valence-corrected chi connectivity index (χ3v) is 5.17. The smallest absolute Gasteiger partial charge is 0.220 e. The van der Waals surface area contributed by atoms with E-state index in [9.17, 15) is 4.79 Å². The van der Waals surface area contributed by atoms with Gasteiger partial charge in [-0.1, -0.05) is 18.5 Å². The second-order valence-corrected chi connectivity index (χ2v) is 7.29. The number of aryl methyl sites for hydroxylation is 1. The molecule has 4 rings (SSSR count). The van der Waals surface area contributed by atoms with Gasteiger partial charge in [-0.2, -0.15) is 5.10 Å². The maximum Gasteiger partial charge on any atom is 0.220 e. The van der Waals surface area contributed by atoms with Crippen molar-refractivity contribution in [1.29, 1.82) is 0 Å². The second-order valence-electron chi connectivity index (χ2n) is 6.85. The lowest BCUT2D eigenvalue weighted by atomic mass is 10.1. The van der Waals surface area contributed by atoms with Crippen LogP contribution in [-0.4, -0.2) is 27.2 Å². The molecule has 0 bridgehead atoms. The summed E-state index contributed by atoms with van der Waals surface area (Å²) in [6, 6.07) is 8.06. The van der Waals surface area contributed by atoms with E-state index in [1.807, 2.05) is 42.9 Å². The SMILES string of the molecule is CCC(=O)NCc1cc2n(n1)CCN(c1ccnc3c(C)cc(Cl)cc13)C2. The Morgan fingerprint density at radius 1 is 1.30 bits per heavy atom. The molecule has 1 N–H and O–H groups in total. The molecule has 0 saturated heterocycles. The molecule has 27 heavy (non-hydrogen) atoms. The minimum Gasteiger partial charge on any atom is -0.363 e. The van der Waals surface area contributed by atoms with E-state index in [4.69, 9.17) is 11.6 Å². The van der Waals surface area contributed by atoms with Gasteiger partial charge in [-0.25, -0.2) is 0 Å². The number of nitrogens with one attached hydrogen (secondary N) is 1. The van der Waals surface area contributed by atoms with Gasteiger partial charge in [0.15, 0.2) is 0 Å². The highest BCUT2D eigenvalue weighted by molar-refractivity contribution is 6.31. The van der Waals surface area contributed by atoms with E-state index in [0.717, 1.165) is 58.2 Å². The van der Waals surface area contributed by atoms with Crippen molar-refractivity contribution in [3.8, 4) is 0 Å². The molecule has 0 fully saturated rings. The Balaban J connectivity index is 1.61. The quantitative estimate of drug-likeness (QED) is 0.749. The number of fused-ring (bicyclic) bond motifs is 2. The summed E-state index contributed by atoms with van der Waals surface area (Å²) in [4.78, 5) is 18.3. The van der Waals surface area contributed by atoms with E-state index in [1.165, 1.54) is 0 Å².